The Kier molecular flexibility index (Phi) is 4.51. The summed E-state index contributed by atoms with van der Waals surface area (Å²) in [4.78, 5) is 28.2. The van der Waals surface area contributed by atoms with E-state index < -0.39 is 11.7 Å². The maximum Gasteiger partial charge on any atom is 0.298 e. The molecule has 2 aromatic carbocycles. The summed E-state index contributed by atoms with van der Waals surface area (Å²) in [6.45, 7) is 4.39. The summed E-state index contributed by atoms with van der Waals surface area (Å²) >= 11 is 0. The highest BCUT2D eigenvalue weighted by Gasteiger charge is 2.46. The standard InChI is InChI=1S/C25H24FN3O2/c1-2-5-21(30)28-10-8-25(14-28)9-11-29(15-25)23-20(26)13-19(24(27)31)18-12-16-6-3-4-7-17(16)22(18)23/h3-4,6-7,13H,8-12,14-15H2,1H3,(H2,27,31). The fourth-order valence-electron chi connectivity index (χ4n) is 5.54. The summed E-state index contributed by atoms with van der Waals surface area (Å²) < 4.78 is 15.5. The maximum atomic E-state index is 15.5. The summed E-state index contributed by atoms with van der Waals surface area (Å²) in [7, 11) is 0. The van der Waals surface area contributed by atoms with Gasteiger partial charge in [0.1, 0.15) is 5.82 Å². The van der Waals surface area contributed by atoms with Crippen molar-refractivity contribution in [3.63, 3.8) is 0 Å². The summed E-state index contributed by atoms with van der Waals surface area (Å²) in [6, 6.07) is 9.20. The lowest BCUT2D eigenvalue weighted by Crippen LogP contribution is -2.33. The smallest absolute Gasteiger partial charge is 0.298 e. The van der Waals surface area contributed by atoms with Gasteiger partial charge in [-0.2, -0.15) is 0 Å². The van der Waals surface area contributed by atoms with Crippen LogP contribution in [-0.4, -0.2) is 42.9 Å². The third-order valence-electron chi connectivity index (χ3n) is 6.99. The van der Waals surface area contributed by atoms with E-state index in [1.165, 1.54) is 6.07 Å². The van der Waals surface area contributed by atoms with Crippen molar-refractivity contribution in [2.45, 2.75) is 26.2 Å². The zero-order valence-corrected chi connectivity index (χ0v) is 17.5. The number of amides is 2. The molecular formula is C25H24FN3O2. The second kappa shape index (κ2) is 7.12. The molecule has 2 heterocycles. The molecule has 2 saturated heterocycles. The molecule has 0 aromatic heterocycles. The van der Waals surface area contributed by atoms with E-state index in [0.717, 1.165) is 35.1 Å². The van der Waals surface area contributed by atoms with Crippen LogP contribution < -0.4 is 10.6 Å². The second-order valence-electron chi connectivity index (χ2n) is 8.83. The number of likely N-dealkylation sites (tertiary alicyclic amines) is 1. The first kappa shape index (κ1) is 19.6. The molecule has 2 fully saturated rings. The Balaban J connectivity index is 1.53. The Morgan fingerprint density at radius 1 is 1.16 bits per heavy atom. The van der Waals surface area contributed by atoms with Crippen LogP contribution >= 0.6 is 0 Å². The molecule has 0 radical (unpaired) electrons. The molecule has 2 aromatic rings. The minimum atomic E-state index is -0.602. The number of fused-ring (bicyclic) bond motifs is 3. The van der Waals surface area contributed by atoms with Crippen LogP contribution in [0.4, 0.5) is 10.1 Å². The lowest BCUT2D eigenvalue weighted by Gasteiger charge is -2.27. The lowest BCUT2D eigenvalue weighted by atomic mass is 9.86. The van der Waals surface area contributed by atoms with Gasteiger partial charge in [-0.1, -0.05) is 30.2 Å². The van der Waals surface area contributed by atoms with Crippen LogP contribution in [-0.2, 0) is 11.2 Å². The fraction of sp³-hybridized carbons (Fsp3) is 0.360. The van der Waals surface area contributed by atoms with Crippen molar-refractivity contribution in [2.75, 3.05) is 31.1 Å². The minimum Gasteiger partial charge on any atom is -0.368 e. The van der Waals surface area contributed by atoms with E-state index in [4.69, 9.17) is 5.73 Å². The summed E-state index contributed by atoms with van der Waals surface area (Å²) in [6.07, 6.45) is 2.36. The summed E-state index contributed by atoms with van der Waals surface area (Å²) in [5, 5.41) is 0. The molecule has 2 aliphatic heterocycles. The van der Waals surface area contributed by atoms with Gasteiger partial charge in [0.2, 0.25) is 5.91 Å². The average Bonchev–Trinajstić information content (AvgIpc) is 3.45. The highest BCUT2D eigenvalue weighted by molar-refractivity contribution is 6.01. The normalized spacial score (nSPS) is 21.1. The van der Waals surface area contributed by atoms with E-state index in [9.17, 15) is 9.59 Å². The molecule has 0 saturated carbocycles. The van der Waals surface area contributed by atoms with Gasteiger partial charge in [-0.25, -0.2) is 4.39 Å². The van der Waals surface area contributed by atoms with Crippen LogP contribution in [0.2, 0.25) is 0 Å². The molecule has 31 heavy (non-hydrogen) atoms. The van der Waals surface area contributed by atoms with Gasteiger partial charge < -0.3 is 15.5 Å². The monoisotopic (exact) mass is 417 g/mol. The van der Waals surface area contributed by atoms with Crippen molar-refractivity contribution in [3.8, 4) is 23.0 Å². The first-order valence-corrected chi connectivity index (χ1v) is 10.6. The topological polar surface area (TPSA) is 66.6 Å². The lowest BCUT2D eigenvalue weighted by molar-refractivity contribution is -0.124. The number of anilines is 1. The van der Waals surface area contributed by atoms with Crippen LogP contribution in [0.25, 0.3) is 11.1 Å². The van der Waals surface area contributed by atoms with E-state index in [-0.39, 0.29) is 16.9 Å². The Bertz CT molecular complexity index is 1180. The van der Waals surface area contributed by atoms with Crippen molar-refractivity contribution < 1.29 is 14.0 Å². The number of hydrogen-bond donors (Lipinski definition) is 1. The van der Waals surface area contributed by atoms with Crippen molar-refractivity contribution in [2.24, 2.45) is 11.1 Å². The maximum absolute atomic E-state index is 15.5. The fourth-order valence-corrected chi connectivity index (χ4v) is 5.54. The van der Waals surface area contributed by atoms with Crippen LogP contribution in [0.3, 0.4) is 0 Å². The van der Waals surface area contributed by atoms with Gasteiger partial charge in [0.25, 0.3) is 5.91 Å². The van der Waals surface area contributed by atoms with Crippen LogP contribution in [0.15, 0.2) is 30.3 Å². The Morgan fingerprint density at radius 3 is 2.71 bits per heavy atom. The number of rotatable bonds is 2. The van der Waals surface area contributed by atoms with Crippen LogP contribution in [0.1, 0.15) is 41.3 Å². The van der Waals surface area contributed by atoms with Gasteiger partial charge in [0.05, 0.1) is 5.69 Å². The zero-order chi connectivity index (χ0) is 21.8. The molecule has 0 bridgehead atoms. The Labute approximate surface area is 181 Å². The van der Waals surface area contributed by atoms with Gasteiger partial charge in [-0.15, -0.1) is 0 Å². The second-order valence-corrected chi connectivity index (χ2v) is 8.83. The molecule has 6 heteroatoms. The molecule has 2 N–H and O–H groups in total. The van der Waals surface area contributed by atoms with Crippen LogP contribution in [0, 0.1) is 23.1 Å². The van der Waals surface area contributed by atoms with E-state index in [1.807, 2.05) is 29.2 Å². The van der Waals surface area contributed by atoms with Crippen molar-refractivity contribution in [1.82, 2.24) is 4.90 Å². The van der Waals surface area contributed by atoms with Gasteiger partial charge in [0, 0.05) is 42.7 Å². The molecule has 158 valence electrons. The zero-order valence-electron chi connectivity index (χ0n) is 17.5. The average molecular weight is 417 g/mol. The van der Waals surface area contributed by atoms with Crippen molar-refractivity contribution >= 4 is 17.5 Å². The predicted octanol–water partition coefficient (Wildman–Crippen LogP) is 2.95. The number of carbonyl (C=O) groups excluding carboxylic acids is 2. The molecule has 2 amide bonds. The molecule has 3 aliphatic rings. The third-order valence-corrected chi connectivity index (χ3v) is 6.99. The summed E-state index contributed by atoms with van der Waals surface area (Å²) in [5.74, 6) is 4.16. The number of nitrogens with zero attached hydrogens (tertiary/aromatic N) is 2. The molecule has 1 atom stereocenters. The van der Waals surface area contributed by atoms with Crippen molar-refractivity contribution in [1.29, 1.82) is 0 Å². The Hall–Kier alpha value is -3.33. The Morgan fingerprint density at radius 2 is 1.94 bits per heavy atom. The van der Waals surface area contributed by atoms with E-state index >= 15 is 4.39 Å². The quantitative estimate of drug-likeness (QED) is 0.652. The van der Waals surface area contributed by atoms with Gasteiger partial charge in [0.15, 0.2) is 0 Å². The highest BCUT2D eigenvalue weighted by atomic mass is 19.1. The third kappa shape index (κ3) is 3.07. The SMILES string of the molecule is CC#CC(=O)N1CCC2(CCN(c3c(F)cc(C(N)=O)c4c3-c3ccccc3C4)C2)C1. The molecule has 5 nitrogen and oxygen atoms in total. The first-order chi connectivity index (χ1) is 14.9. The highest BCUT2D eigenvalue weighted by Crippen LogP contribution is 2.49. The summed E-state index contributed by atoms with van der Waals surface area (Å²) in [5.41, 5.74) is 10.0. The minimum absolute atomic E-state index is 0.0507. The number of nitrogens with two attached hydrogens (primary N) is 1. The molecule has 1 unspecified atom stereocenters. The van der Waals surface area contributed by atoms with E-state index in [0.29, 0.717) is 38.3 Å². The molecule has 1 aliphatic carbocycles. The van der Waals surface area contributed by atoms with Gasteiger partial charge >= 0.3 is 0 Å². The number of carbonyl (C=O) groups is 2. The van der Waals surface area contributed by atoms with Gasteiger partial charge in [-0.05, 0) is 54.9 Å². The van der Waals surface area contributed by atoms with E-state index in [1.54, 1.807) is 6.92 Å². The first-order valence-electron chi connectivity index (χ1n) is 10.6. The molecule has 1 spiro atoms. The molecule has 5 rings (SSSR count). The molecular weight excluding hydrogens is 393 g/mol. The van der Waals surface area contributed by atoms with E-state index in [2.05, 4.69) is 16.7 Å². The van der Waals surface area contributed by atoms with Gasteiger partial charge in [-0.3, -0.25) is 9.59 Å². The number of hydrogen-bond acceptors (Lipinski definition) is 3. The van der Waals surface area contributed by atoms with Crippen molar-refractivity contribution in [3.05, 3.63) is 52.8 Å². The predicted molar refractivity (Wildman–Crippen MR) is 117 cm³/mol. The number of halogens is 1. The number of primary amides is 1. The largest absolute Gasteiger partial charge is 0.368 e. The van der Waals surface area contributed by atoms with Crippen LogP contribution in [0.5, 0.6) is 0 Å². The number of benzene rings is 2.